The van der Waals surface area contributed by atoms with E-state index in [0.29, 0.717) is 30.8 Å². The fourth-order valence-electron chi connectivity index (χ4n) is 3.28. The molecule has 2 aromatic rings. The highest BCUT2D eigenvalue weighted by atomic mass is 16.6. The SMILES string of the molecule is O=C1Nc2cnccc2C2(CCN(C(=O)c3ccccc3)C2)O1. The smallest absolute Gasteiger partial charge is 0.412 e. The molecule has 1 fully saturated rings. The van der Waals surface area contributed by atoms with Crippen LogP contribution < -0.4 is 5.32 Å². The predicted molar refractivity (Wildman–Crippen MR) is 83.0 cm³/mol. The van der Waals surface area contributed by atoms with Gasteiger partial charge in [-0.3, -0.25) is 15.1 Å². The van der Waals surface area contributed by atoms with Crippen LogP contribution in [0, 0.1) is 0 Å². The minimum Gasteiger partial charge on any atom is -0.436 e. The summed E-state index contributed by atoms with van der Waals surface area (Å²) in [6.45, 7) is 0.897. The van der Waals surface area contributed by atoms with Gasteiger partial charge in [-0.1, -0.05) is 18.2 Å². The Morgan fingerprint density at radius 1 is 1.26 bits per heavy atom. The van der Waals surface area contributed by atoms with Crippen LogP contribution in [0.25, 0.3) is 0 Å². The number of carbonyl (C=O) groups excluding carboxylic acids is 2. The van der Waals surface area contributed by atoms with Crippen molar-refractivity contribution in [1.82, 2.24) is 9.88 Å². The summed E-state index contributed by atoms with van der Waals surface area (Å²) in [4.78, 5) is 30.3. The van der Waals surface area contributed by atoms with Gasteiger partial charge in [-0.15, -0.1) is 0 Å². The highest BCUT2D eigenvalue weighted by molar-refractivity contribution is 5.95. The first-order valence-electron chi connectivity index (χ1n) is 7.47. The number of nitrogens with one attached hydrogen (secondary N) is 1. The highest BCUT2D eigenvalue weighted by Crippen LogP contribution is 2.42. The lowest BCUT2D eigenvalue weighted by molar-refractivity contribution is 0.0183. The number of aromatic nitrogens is 1. The quantitative estimate of drug-likeness (QED) is 0.878. The number of rotatable bonds is 1. The van der Waals surface area contributed by atoms with Gasteiger partial charge in [0, 0.05) is 30.3 Å². The van der Waals surface area contributed by atoms with E-state index in [1.54, 1.807) is 29.4 Å². The highest BCUT2D eigenvalue weighted by Gasteiger charge is 2.48. The molecule has 6 heteroatoms. The number of fused-ring (bicyclic) bond motifs is 2. The third-order valence-electron chi connectivity index (χ3n) is 4.38. The van der Waals surface area contributed by atoms with Crippen LogP contribution in [0.1, 0.15) is 22.3 Å². The standard InChI is InChI=1S/C17H15N3O3/c21-15(12-4-2-1-3-5-12)20-9-7-17(11-20)13-6-8-18-10-14(13)19-16(22)23-17/h1-6,8,10H,7,9,11H2,(H,19,22). The van der Waals surface area contributed by atoms with Gasteiger partial charge in [0.25, 0.3) is 5.91 Å². The van der Waals surface area contributed by atoms with E-state index < -0.39 is 11.7 Å². The third kappa shape index (κ3) is 2.23. The lowest BCUT2D eigenvalue weighted by atomic mass is 9.91. The second-order valence-corrected chi connectivity index (χ2v) is 5.77. The lowest BCUT2D eigenvalue weighted by Gasteiger charge is -2.35. The van der Waals surface area contributed by atoms with Crippen molar-refractivity contribution < 1.29 is 14.3 Å². The molecule has 23 heavy (non-hydrogen) atoms. The molecule has 1 saturated heterocycles. The second kappa shape index (κ2) is 5.08. The molecule has 3 heterocycles. The molecule has 2 aliphatic rings. The van der Waals surface area contributed by atoms with Crippen molar-refractivity contribution in [3.05, 3.63) is 59.9 Å². The third-order valence-corrected chi connectivity index (χ3v) is 4.38. The summed E-state index contributed by atoms with van der Waals surface area (Å²) in [6, 6.07) is 11.0. The van der Waals surface area contributed by atoms with Crippen molar-refractivity contribution >= 4 is 17.7 Å². The Kier molecular flexibility index (Phi) is 3.04. The molecule has 2 amide bonds. The summed E-state index contributed by atoms with van der Waals surface area (Å²) in [5.74, 6) is -0.0485. The number of amides is 2. The summed E-state index contributed by atoms with van der Waals surface area (Å²) < 4.78 is 5.61. The van der Waals surface area contributed by atoms with Gasteiger partial charge in [0.15, 0.2) is 5.60 Å². The predicted octanol–water partition coefficient (Wildman–Crippen LogP) is 2.39. The van der Waals surface area contributed by atoms with Gasteiger partial charge in [0.05, 0.1) is 18.4 Å². The maximum absolute atomic E-state index is 12.6. The largest absolute Gasteiger partial charge is 0.436 e. The molecular weight excluding hydrogens is 294 g/mol. The van der Waals surface area contributed by atoms with Gasteiger partial charge >= 0.3 is 6.09 Å². The number of hydrogen-bond donors (Lipinski definition) is 1. The average molecular weight is 309 g/mol. The number of pyridine rings is 1. The number of hydrogen-bond acceptors (Lipinski definition) is 4. The van der Waals surface area contributed by atoms with E-state index in [1.807, 2.05) is 24.3 Å². The molecule has 1 spiro atoms. The van der Waals surface area contributed by atoms with Crippen LogP contribution in [0.15, 0.2) is 48.8 Å². The summed E-state index contributed by atoms with van der Waals surface area (Å²) in [7, 11) is 0. The molecule has 1 aromatic carbocycles. The van der Waals surface area contributed by atoms with Gasteiger partial charge < -0.3 is 9.64 Å². The van der Waals surface area contributed by atoms with Gasteiger partial charge in [0.2, 0.25) is 0 Å². The molecule has 0 aliphatic carbocycles. The molecule has 2 aliphatic heterocycles. The Hall–Kier alpha value is -2.89. The first kappa shape index (κ1) is 13.8. The summed E-state index contributed by atoms with van der Waals surface area (Å²) >= 11 is 0. The zero-order chi connectivity index (χ0) is 15.9. The van der Waals surface area contributed by atoms with Crippen molar-refractivity contribution in [3.8, 4) is 0 Å². The maximum Gasteiger partial charge on any atom is 0.412 e. The summed E-state index contributed by atoms with van der Waals surface area (Å²) in [5, 5.41) is 2.66. The van der Waals surface area contributed by atoms with Gasteiger partial charge in [0.1, 0.15) is 0 Å². The topological polar surface area (TPSA) is 71.5 Å². The number of benzene rings is 1. The van der Waals surface area contributed by atoms with Crippen molar-refractivity contribution in [2.24, 2.45) is 0 Å². The first-order chi connectivity index (χ1) is 11.2. The fraction of sp³-hybridized carbons (Fsp3) is 0.235. The Morgan fingerprint density at radius 3 is 2.91 bits per heavy atom. The Bertz CT molecular complexity index is 778. The normalized spacial score (nSPS) is 22.4. The first-order valence-corrected chi connectivity index (χ1v) is 7.47. The van der Waals surface area contributed by atoms with Crippen molar-refractivity contribution in [1.29, 1.82) is 0 Å². The van der Waals surface area contributed by atoms with Gasteiger partial charge in [-0.2, -0.15) is 0 Å². The molecular formula is C17H15N3O3. The van der Waals surface area contributed by atoms with E-state index in [9.17, 15) is 9.59 Å². The van der Waals surface area contributed by atoms with Crippen molar-refractivity contribution in [2.45, 2.75) is 12.0 Å². The number of anilines is 1. The van der Waals surface area contributed by atoms with Crippen LogP contribution in [-0.2, 0) is 10.3 Å². The summed E-state index contributed by atoms with van der Waals surface area (Å²) in [6.07, 6.45) is 3.36. The van der Waals surface area contributed by atoms with E-state index in [2.05, 4.69) is 10.3 Å². The zero-order valence-electron chi connectivity index (χ0n) is 12.4. The number of nitrogens with zero attached hydrogens (tertiary/aromatic N) is 2. The zero-order valence-corrected chi connectivity index (χ0v) is 12.4. The Labute approximate surface area is 133 Å². The van der Waals surface area contributed by atoms with Crippen molar-refractivity contribution in [2.75, 3.05) is 18.4 Å². The molecule has 1 unspecified atom stereocenters. The maximum atomic E-state index is 12.6. The van der Waals surface area contributed by atoms with Crippen LogP contribution in [0.5, 0.6) is 0 Å². The monoisotopic (exact) mass is 309 g/mol. The van der Waals surface area contributed by atoms with Gasteiger partial charge in [-0.25, -0.2) is 4.79 Å². The number of carbonyl (C=O) groups is 2. The van der Waals surface area contributed by atoms with Gasteiger partial charge in [-0.05, 0) is 18.2 Å². The van der Waals surface area contributed by atoms with E-state index >= 15 is 0 Å². The molecule has 1 N–H and O–H groups in total. The average Bonchev–Trinajstić information content (AvgIpc) is 2.99. The molecule has 116 valence electrons. The molecule has 0 saturated carbocycles. The minimum atomic E-state index is -0.787. The van der Waals surface area contributed by atoms with Crippen LogP contribution in [0.3, 0.4) is 0 Å². The van der Waals surface area contributed by atoms with Crippen LogP contribution in [0.4, 0.5) is 10.5 Å². The lowest BCUT2D eigenvalue weighted by Crippen LogP contribution is -2.42. The Balaban J connectivity index is 1.65. The summed E-state index contributed by atoms with van der Waals surface area (Å²) in [5.41, 5.74) is 1.37. The van der Waals surface area contributed by atoms with Crippen LogP contribution >= 0.6 is 0 Å². The van der Waals surface area contributed by atoms with E-state index in [0.717, 1.165) is 5.56 Å². The number of likely N-dealkylation sites (tertiary alicyclic amines) is 1. The molecule has 4 rings (SSSR count). The molecule has 0 bridgehead atoms. The molecule has 0 radical (unpaired) electrons. The molecule has 1 atom stereocenters. The van der Waals surface area contributed by atoms with Crippen molar-refractivity contribution in [3.63, 3.8) is 0 Å². The van der Waals surface area contributed by atoms with E-state index in [4.69, 9.17) is 4.74 Å². The van der Waals surface area contributed by atoms with Crippen LogP contribution in [-0.4, -0.2) is 35.0 Å². The minimum absolute atomic E-state index is 0.0485. The van der Waals surface area contributed by atoms with E-state index in [-0.39, 0.29) is 5.91 Å². The van der Waals surface area contributed by atoms with Crippen LogP contribution in [0.2, 0.25) is 0 Å². The van der Waals surface area contributed by atoms with E-state index in [1.165, 1.54) is 0 Å². The fourth-order valence-corrected chi connectivity index (χ4v) is 3.28. The Morgan fingerprint density at radius 2 is 2.09 bits per heavy atom. The second-order valence-electron chi connectivity index (χ2n) is 5.77. The number of ether oxygens (including phenoxy) is 1. The molecule has 1 aromatic heterocycles. The molecule has 6 nitrogen and oxygen atoms in total.